The molecule has 0 radical (unpaired) electrons. The number of hydrogen-bond acceptors (Lipinski definition) is 2. The van der Waals surface area contributed by atoms with Crippen molar-refractivity contribution in [2.24, 2.45) is 5.92 Å². The van der Waals surface area contributed by atoms with Gasteiger partial charge in [0.25, 0.3) is 0 Å². The smallest absolute Gasteiger partial charge is 0.337 e. The van der Waals surface area contributed by atoms with Gasteiger partial charge in [-0.3, -0.25) is 0 Å². The predicted octanol–water partition coefficient (Wildman–Crippen LogP) is 3.30. The molecule has 0 aliphatic heterocycles. The molecule has 108 valence electrons. The fourth-order valence-corrected chi connectivity index (χ4v) is 2.33. The van der Waals surface area contributed by atoms with Gasteiger partial charge < -0.3 is 15.3 Å². The van der Waals surface area contributed by atoms with Crippen LogP contribution in [0.2, 0.25) is 5.02 Å². The fraction of sp³-hybridized carbons (Fsp3) is 0.429. The summed E-state index contributed by atoms with van der Waals surface area (Å²) in [5.41, 5.74) is 0.246. The van der Waals surface area contributed by atoms with Crippen molar-refractivity contribution in [3.63, 3.8) is 0 Å². The third-order valence-electron chi connectivity index (χ3n) is 3.56. The van der Waals surface area contributed by atoms with Crippen LogP contribution in [0.1, 0.15) is 29.6 Å². The van der Waals surface area contributed by atoms with Gasteiger partial charge in [0.1, 0.15) is 0 Å². The molecule has 1 aliphatic carbocycles. The van der Waals surface area contributed by atoms with E-state index < -0.39 is 5.97 Å². The second kappa shape index (κ2) is 6.13. The summed E-state index contributed by atoms with van der Waals surface area (Å²) < 4.78 is 0. The van der Waals surface area contributed by atoms with Gasteiger partial charge in [-0.25, -0.2) is 9.59 Å². The van der Waals surface area contributed by atoms with Crippen LogP contribution in [0.3, 0.4) is 0 Å². The summed E-state index contributed by atoms with van der Waals surface area (Å²) >= 11 is 5.84. The number of rotatable bonds is 4. The number of halogens is 1. The Labute approximate surface area is 122 Å². The van der Waals surface area contributed by atoms with Crippen LogP contribution in [-0.2, 0) is 0 Å². The van der Waals surface area contributed by atoms with Crippen LogP contribution >= 0.6 is 11.6 Å². The minimum Gasteiger partial charge on any atom is -0.478 e. The Kier molecular flexibility index (Phi) is 4.49. The topological polar surface area (TPSA) is 69.6 Å². The quantitative estimate of drug-likeness (QED) is 0.895. The van der Waals surface area contributed by atoms with Crippen molar-refractivity contribution < 1.29 is 14.7 Å². The van der Waals surface area contributed by atoms with E-state index in [1.165, 1.54) is 24.6 Å². The highest BCUT2D eigenvalue weighted by Crippen LogP contribution is 2.27. The Morgan fingerprint density at radius 2 is 2.15 bits per heavy atom. The predicted molar refractivity (Wildman–Crippen MR) is 77.4 cm³/mol. The maximum atomic E-state index is 12.1. The molecule has 20 heavy (non-hydrogen) atoms. The van der Waals surface area contributed by atoms with Gasteiger partial charge in [-0.05, 0) is 37.0 Å². The van der Waals surface area contributed by atoms with E-state index in [2.05, 4.69) is 5.32 Å². The van der Waals surface area contributed by atoms with Crippen LogP contribution in [-0.4, -0.2) is 35.6 Å². The van der Waals surface area contributed by atoms with Crippen molar-refractivity contribution >= 4 is 29.3 Å². The number of benzene rings is 1. The van der Waals surface area contributed by atoms with Crippen LogP contribution in [0.25, 0.3) is 0 Å². The molecule has 1 aromatic carbocycles. The van der Waals surface area contributed by atoms with Crippen LogP contribution in [0.15, 0.2) is 18.2 Å². The number of carbonyl (C=O) groups excluding carboxylic acids is 1. The molecule has 0 heterocycles. The number of anilines is 1. The molecule has 2 rings (SSSR count). The standard InChI is InChI=1S/C14H17ClN2O3/c1-17(8-9-3-2-4-9)14(20)16-12-7-10(15)5-6-11(12)13(18)19/h5-7,9H,2-4,8H2,1H3,(H,16,20)(H,18,19). The molecule has 0 spiro atoms. The van der Waals surface area contributed by atoms with Crippen LogP contribution in [0.4, 0.5) is 10.5 Å². The highest BCUT2D eigenvalue weighted by molar-refractivity contribution is 6.31. The Hall–Kier alpha value is -1.75. The zero-order valence-electron chi connectivity index (χ0n) is 11.2. The minimum absolute atomic E-state index is 0.0276. The second-order valence-corrected chi connectivity index (χ2v) is 5.54. The van der Waals surface area contributed by atoms with E-state index in [4.69, 9.17) is 16.7 Å². The number of aromatic carboxylic acids is 1. The third-order valence-corrected chi connectivity index (χ3v) is 3.79. The van der Waals surface area contributed by atoms with Crippen LogP contribution < -0.4 is 5.32 Å². The number of nitrogens with one attached hydrogen (secondary N) is 1. The maximum absolute atomic E-state index is 12.1. The SMILES string of the molecule is CN(CC1CCC1)C(=O)Nc1cc(Cl)ccc1C(=O)O. The summed E-state index contributed by atoms with van der Waals surface area (Å²) in [4.78, 5) is 24.7. The highest BCUT2D eigenvalue weighted by atomic mass is 35.5. The molecule has 0 saturated heterocycles. The number of hydrogen-bond donors (Lipinski definition) is 2. The first-order valence-electron chi connectivity index (χ1n) is 6.52. The fourth-order valence-electron chi connectivity index (χ4n) is 2.16. The zero-order chi connectivity index (χ0) is 14.7. The Morgan fingerprint density at radius 1 is 1.45 bits per heavy atom. The van der Waals surface area contributed by atoms with Crippen molar-refractivity contribution in [3.05, 3.63) is 28.8 Å². The third kappa shape index (κ3) is 3.42. The number of carboxylic acid groups (broad SMARTS) is 1. The number of urea groups is 1. The molecule has 0 unspecified atom stereocenters. The van der Waals surface area contributed by atoms with Gasteiger partial charge in [0.2, 0.25) is 0 Å². The van der Waals surface area contributed by atoms with Gasteiger partial charge in [-0.15, -0.1) is 0 Å². The molecule has 0 atom stereocenters. The molecule has 6 heteroatoms. The van der Waals surface area contributed by atoms with E-state index in [1.54, 1.807) is 11.9 Å². The van der Waals surface area contributed by atoms with Gasteiger partial charge >= 0.3 is 12.0 Å². The summed E-state index contributed by atoms with van der Waals surface area (Å²) in [6.07, 6.45) is 3.52. The van der Waals surface area contributed by atoms with Crippen molar-refractivity contribution in [1.82, 2.24) is 4.90 Å². The number of nitrogens with zero attached hydrogens (tertiary/aromatic N) is 1. The van der Waals surface area contributed by atoms with Gasteiger partial charge in [0.05, 0.1) is 11.3 Å². The lowest BCUT2D eigenvalue weighted by Gasteiger charge is -2.30. The number of carboxylic acids is 1. The van der Waals surface area contributed by atoms with E-state index in [0.717, 1.165) is 12.8 Å². The van der Waals surface area contributed by atoms with Crippen molar-refractivity contribution in [2.45, 2.75) is 19.3 Å². The molecule has 1 saturated carbocycles. The van der Waals surface area contributed by atoms with Crippen molar-refractivity contribution in [3.8, 4) is 0 Å². The van der Waals surface area contributed by atoms with Gasteiger partial charge in [-0.1, -0.05) is 18.0 Å². The Balaban J connectivity index is 2.06. The molecule has 5 nitrogen and oxygen atoms in total. The lowest BCUT2D eigenvalue weighted by Crippen LogP contribution is -2.37. The highest BCUT2D eigenvalue weighted by Gasteiger charge is 2.22. The normalized spacial score (nSPS) is 14.5. The number of carbonyl (C=O) groups is 2. The van der Waals surface area contributed by atoms with Crippen molar-refractivity contribution in [2.75, 3.05) is 18.9 Å². The zero-order valence-corrected chi connectivity index (χ0v) is 12.0. The van der Waals surface area contributed by atoms with Gasteiger partial charge in [0.15, 0.2) is 0 Å². The van der Waals surface area contributed by atoms with Crippen LogP contribution in [0.5, 0.6) is 0 Å². The Morgan fingerprint density at radius 3 is 2.70 bits per heavy atom. The summed E-state index contributed by atoms with van der Waals surface area (Å²) in [7, 11) is 1.71. The van der Waals surface area contributed by atoms with E-state index in [9.17, 15) is 9.59 Å². The monoisotopic (exact) mass is 296 g/mol. The molecular formula is C14H17ClN2O3. The van der Waals surface area contributed by atoms with Crippen molar-refractivity contribution in [1.29, 1.82) is 0 Å². The minimum atomic E-state index is -1.10. The van der Waals surface area contributed by atoms with E-state index in [-0.39, 0.29) is 17.3 Å². The average Bonchev–Trinajstić information content (AvgIpc) is 2.33. The molecule has 2 N–H and O–H groups in total. The lowest BCUT2D eigenvalue weighted by molar-refractivity contribution is 0.0698. The first-order valence-corrected chi connectivity index (χ1v) is 6.90. The van der Waals surface area contributed by atoms with E-state index >= 15 is 0 Å². The summed E-state index contributed by atoms with van der Waals surface area (Å²) in [6.45, 7) is 0.689. The second-order valence-electron chi connectivity index (χ2n) is 5.10. The maximum Gasteiger partial charge on any atom is 0.337 e. The van der Waals surface area contributed by atoms with E-state index in [0.29, 0.717) is 17.5 Å². The van der Waals surface area contributed by atoms with Crippen LogP contribution in [0, 0.1) is 5.92 Å². The van der Waals surface area contributed by atoms with Gasteiger partial charge in [0, 0.05) is 18.6 Å². The first-order chi connectivity index (χ1) is 9.47. The molecule has 0 aromatic heterocycles. The Bertz CT molecular complexity index is 529. The molecule has 2 amide bonds. The first kappa shape index (κ1) is 14.7. The van der Waals surface area contributed by atoms with E-state index in [1.807, 2.05) is 0 Å². The van der Waals surface area contributed by atoms with Gasteiger partial charge in [-0.2, -0.15) is 0 Å². The summed E-state index contributed by atoms with van der Waals surface area (Å²) in [5, 5.41) is 12.1. The summed E-state index contributed by atoms with van der Waals surface area (Å²) in [5.74, 6) is -0.539. The molecule has 1 aromatic rings. The number of amides is 2. The molecule has 0 bridgehead atoms. The lowest BCUT2D eigenvalue weighted by atomic mass is 9.85. The molecule has 1 fully saturated rings. The average molecular weight is 297 g/mol. The summed E-state index contributed by atoms with van der Waals surface area (Å²) in [6, 6.07) is 3.99. The largest absolute Gasteiger partial charge is 0.478 e. The molecule has 1 aliphatic rings. The molecular weight excluding hydrogens is 280 g/mol.